The maximum atomic E-state index is 6.31. The van der Waals surface area contributed by atoms with E-state index in [1.165, 1.54) is 0 Å². The van der Waals surface area contributed by atoms with Crippen molar-refractivity contribution in [2.45, 2.75) is 6.42 Å². The lowest BCUT2D eigenvalue weighted by Gasteiger charge is -2.18. The van der Waals surface area contributed by atoms with Gasteiger partial charge in [0.15, 0.2) is 11.5 Å². The summed E-state index contributed by atoms with van der Waals surface area (Å²) < 4.78 is 11.3. The van der Waals surface area contributed by atoms with Crippen molar-refractivity contribution in [3.8, 4) is 22.6 Å². The first-order valence-electron chi connectivity index (χ1n) is 10.1. The normalized spacial score (nSPS) is 15.2. The Kier molecular flexibility index (Phi) is 5.54. The van der Waals surface area contributed by atoms with Crippen LogP contribution >= 0.6 is 23.2 Å². The Morgan fingerprint density at radius 2 is 1.55 bits per heavy atom. The second-order valence-electron chi connectivity index (χ2n) is 7.33. The van der Waals surface area contributed by atoms with E-state index in [0.29, 0.717) is 23.3 Å². The molecule has 5 heteroatoms. The molecule has 0 spiro atoms. The highest BCUT2D eigenvalue weighted by Gasteiger charge is 2.13. The Balaban J connectivity index is 1.29. The molecule has 31 heavy (non-hydrogen) atoms. The monoisotopic (exact) mass is 447 g/mol. The first kappa shape index (κ1) is 19.9. The number of halogens is 2. The number of rotatable bonds is 4. The molecule has 2 heterocycles. The van der Waals surface area contributed by atoms with Crippen LogP contribution in [0.3, 0.4) is 0 Å². The van der Waals surface area contributed by atoms with Crippen molar-refractivity contribution in [3.05, 3.63) is 94.0 Å². The molecule has 3 aromatic rings. The van der Waals surface area contributed by atoms with Gasteiger partial charge in [-0.1, -0.05) is 65.7 Å². The molecule has 0 fully saturated rings. The largest absolute Gasteiger partial charge is 0.486 e. The fourth-order valence-corrected chi connectivity index (χ4v) is 4.13. The number of hydrogen-bond acceptors (Lipinski definition) is 3. The third-order valence-corrected chi connectivity index (χ3v) is 5.78. The standard InChI is InChI=1S/C26H19Cl2NO2/c27-20-7-10-22(23(28)16-20)24-11-9-21(29-24)8-3-17-1-4-18(5-2-17)19-6-12-25-26(15-19)31-14-13-30-25/h1-8,10-12,15-16H,9,13-14H2/b8-3+. The average Bonchev–Trinajstić information content (AvgIpc) is 3.26. The van der Waals surface area contributed by atoms with Crippen LogP contribution in [0.1, 0.15) is 17.5 Å². The molecular formula is C26H19Cl2NO2. The van der Waals surface area contributed by atoms with E-state index in [4.69, 9.17) is 37.7 Å². The van der Waals surface area contributed by atoms with Gasteiger partial charge in [0.2, 0.25) is 0 Å². The maximum absolute atomic E-state index is 6.31. The first-order chi connectivity index (χ1) is 15.2. The summed E-state index contributed by atoms with van der Waals surface area (Å²) in [6.07, 6.45) is 6.99. The quantitative estimate of drug-likeness (QED) is 0.418. The molecule has 0 saturated carbocycles. The number of aliphatic imine (C=N–C) groups is 1. The van der Waals surface area contributed by atoms with Gasteiger partial charge in [-0.3, -0.25) is 4.99 Å². The minimum absolute atomic E-state index is 0.588. The van der Waals surface area contributed by atoms with Crippen molar-refractivity contribution in [2.24, 2.45) is 4.99 Å². The summed E-state index contributed by atoms with van der Waals surface area (Å²) in [5, 5.41) is 1.23. The Morgan fingerprint density at radius 3 is 2.35 bits per heavy atom. The third kappa shape index (κ3) is 4.39. The van der Waals surface area contributed by atoms with Crippen LogP contribution in [0, 0.1) is 0 Å². The van der Waals surface area contributed by atoms with E-state index in [0.717, 1.165) is 51.6 Å². The molecule has 0 aliphatic carbocycles. The van der Waals surface area contributed by atoms with Gasteiger partial charge in [0.1, 0.15) is 13.2 Å². The van der Waals surface area contributed by atoms with Crippen LogP contribution in [0.15, 0.2) is 77.8 Å². The van der Waals surface area contributed by atoms with Crippen molar-refractivity contribution < 1.29 is 9.47 Å². The second-order valence-corrected chi connectivity index (χ2v) is 8.18. The molecule has 0 atom stereocenters. The van der Waals surface area contributed by atoms with Crippen LogP contribution in [0.2, 0.25) is 10.0 Å². The smallest absolute Gasteiger partial charge is 0.161 e. The number of hydrogen-bond donors (Lipinski definition) is 0. The molecular weight excluding hydrogens is 429 g/mol. The lowest BCUT2D eigenvalue weighted by molar-refractivity contribution is 0.171. The molecule has 3 nitrogen and oxygen atoms in total. The fraction of sp³-hybridized carbons (Fsp3) is 0.115. The molecule has 2 aliphatic rings. The third-order valence-electron chi connectivity index (χ3n) is 5.23. The lowest BCUT2D eigenvalue weighted by atomic mass is 10.0. The topological polar surface area (TPSA) is 30.8 Å². The molecule has 0 amide bonds. The van der Waals surface area contributed by atoms with Crippen molar-refractivity contribution in [2.75, 3.05) is 13.2 Å². The summed E-state index contributed by atoms with van der Waals surface area (Å²) in [7, 11) is 0. The number of fused-ring (bicyclic) bond motifs is 1. The van der Waals surface area contributed by atoms with Crippen LogP contribution < -0.4 is 9.47 Å². The zero-order chi connectivity index (χ0) is 21.2. The molecule has 3 aromatic carbocycles. The Bertz CT molecular complexity index is 1230. The minimum atomic E-state index is 0.588. The average molecular weight is 448 g/mol. The number of nitrogens with zero attached hydrogens (tertiary/aromatic N) is 1. The first-order valence-corrected chi connectivity index (χ1v) is 10.8. The highest BCUT2D eigenvalue weighted by molar-refractivity contribution is 6.35. The number of allylic oxidation sites excluding steroid dienone is 2. The van der Waals surface area contributed by atoms with E-state index < -0.39 is 0 Å². The predicted octanol–water partition coefficient (Wildman–Crippen LogP) is 7.33. The van der Waals surface area contributed by atoms with Crippen LogP contribution in [0.25, 0.3) is 22.9 Å². The molecule has 0 unspecified atom stereocenters. The molecule has 2 aliphatic heterocycles. The zero-order valence-electron chi connectivity index (χ0n) is 16.6. The zero-order valence-corrected chi connectivity index (χ0v) is 18.2. The van der Waals surface area contributed by atoms with Gasteiger partial charge in [-0.25, -0.2) is 0 Å². The highest BCUT2D eigenvalue weighted by Crippen LogP contribution is 2.35. The second kappa shape index (κ2) is 8.62. The highest BCUT2D eigenvalue weighted by atomic mass is 35.5. The summed E-state index contributed by atoms with van der Waals surface area (Å²) in [6.45, 7) is 1.19. The van der Waals surface area contributed by atoms with Gasteiger partial charge < -0.3 is 9.47 Å². The molecule has 0 N–H and O–H groups in total. The fourth-order valence-electron chi connectivity index (χ4n) is 3.62. The van der Waals surface area contributed by atoms with E-state index in [-0.39, 0.29) is 0 Å². The Labute approximate surface area is 191 Å². The van der Waals surface area contributed by atoms with Gasteiger partial charge in [0, 0.05) is 22.7 Å². The van der Waals surface area contributed by atoms with E-state index in [1.807, 2.05) is 30.3 Å². The molecule has 0 radical (unpaired) electrons. The van der Waals surface area contributed by atoms with Gasteiger partial charge in [-0.2, -0.15) is 0 Å². The maximum Gasteiger partial charge on any atom is 0.161 e. The lowest BCUT2D eigenvalue weighted by Crippen LogP contribution is -2.15. The van der Waals surface area contributed by atoms with E-state index >= 15 is 0 Å². The SMILES string of the molecule is Clc1ccc(C2=CCC(/C=C/c3ccc(-c4ccc5c(c4)OCCO5)cc3)=N2)c(Cl)c1. The van der Waals surface area contributed by atoms with Gasteiger partial charge in [-0.05, 0) is 53.1 Å². The number of ether oxygens (including phenoxy) is 2. The Morgan fingerprint density at radius 1 is 0.774 bits per heavy atom. The summed E-state index contributed by atoms with van der Waals surface area (Å²) in [6, 6.07) is 19.9. The molecule has 0 bridgehead atoms. The minimum Gasteiger partial charge on any atom is -0.486 e. The van der Waals surface area contributed by atoms with Crippen LogP contribution in [0.4, 0.5) is 0 Å². The summed E-state index contributed by atoms with van der Waals surface area (Å²) in [5.74, 6) is 1.61. The van der Waals surface area contributed by atoms with Crippen LogP contribution in [0.5, 0.6) is 11.5 Å². The van der Waals surface area contributed by atoms with Gasteiger partial charge in [-0.15, -0.1) is 0 Å². The van der Waals surface area contributed by atoms with Gasteiger partial charge in [0.25, 0.3) is 0 Å². The van der Waals surface area contributed by atoms with Gasteiger partial charge >= 0.3 is 0 Å². The summed E-state index contributed by atoms with van der Waals surface area (Å²) in [5.41, 5.74) is 6.13. The number of benzene rings is 3. The predicted molar refractivity (Wildman–Crippen MR) is 128 cm³/mol. The molecule has 5 rings (SSSR count). The molecule has 0 aromatic heterocycles. The van der Waals surface area contributed by atoms with Crippen molar-refractivity contribution in [3.63, 3.8) is 0 Å². The summed E-state index contributed by atoms with van der Waals surface area (Å²) >= 11 is 12.3. The van der Waals surface area contributed by atoms with Crippen molar-refractivity contribution in [1.29, 1.82) is 0 Å². The van der Waals surface area contributed by atoms with E-state index in [9.17, 15) is 0 Å². The Hall–Kier alpha value is -3.01. The van der Waals surface area contributed by atoms with Crippen LogP contribution in [-0.4, -0.2) is 18.9 Å². The molecule has 154 valence electrons. The summed E-state index contributed by atoms with van der Waals surface area (Å²) in [4.78, 5) is 4.71. The van der Waals surface area contributed by atoms with E-state index in [1.54, 1.807) is 6.07 Å². The van der Waals surface area contributed by atoms with Crippen molar-refractivity contribution >= 4 is 40.7 Å². The molecule has 0 saturated heterocycles. The van der Waals surface area contributed by atoms with Crippen molar-refractivity contribution in [1.82, 2.24) is 0 Å². The van der Waals surface area contributed by atoms with E-state index in [2.05, 4.69) is 42.5 Å². The van der Waals surface area contributed by atoms with Gasteiger partial charge in [0.05, 0.1) is 10.7 Å². The van der Waals surface area contributed by atoms with Crippen LogP contribution in [-0.2, 0) is 0 Å².